The first-order valence-electron chi connectivity index (χ1n) is 11.5. The number of rotatable bonds is 6. The van der Waals surface area contributed by atoms with Crippen LogP contribution in [0, 0.1) is 6.92 Å². The monoisotopic (exact) mass is 466 g/mol. The molecule has 0 bridgehead atoms. The lowest BCUT2D eigenvalue weighted by Gasteiger charge is -2.25. The molecule has 1 amide bonds. The van der Waals surface area contributed by atoms with Gasteiger partial charge in [0, 0.05) is 29.2 Å². The highest BCUT2D eigenvalue weighted by Crippen LogP contribution is 2.40. The third-order valence-corrected chi connectivity index (χ3v) is 6.59. The summed E-state index contributed by atoms with van der Waals surface area (Å²) in [6.07, 6.45) is 2.52. The number of aromatic nitrogens is 1. The Balaban J connectivity index is 1.55. The summed E-state index contributed by atoms with van der Waals surface area (Å²) in [5.41, 5.74) is 4.50. The Hall–Kier alpha value is -4.32. The number of amides is 1. The maximum atomic E-state index is 13.2. The second-order valence-corrected chi connectivity index (χ2v) is 8.74. The van der Waals surface area contributed by atoms with Gasteiger partial charge in [-0.2, -0.15) is 0 Å². The van der Waals surface area contributed by atoms with Crippen molar-refractivity contribution in [1.29, 1.82) is 0 Å². The van der Waals surface area contributed by atoms with Crippen LogP contribution in [0.25, 0.3) is 16.7 Å². The van der Waals surface area contributed by atoms with Crippen molar-refractivity contribution < 1.29 is 19.4 Å². The van der Waals surface area contributed by atoms with E-state index in [0.717, 1.165) is 27.6 Å². The minimum Gasteiger partial charge on any atom is -0.507 e. The predicted molar refractivity (Wildman–Crippen MR) is 135 cm³/mol. The van der Waals surface area contributed by atoms with Gasteiger partial charge in [0.05, 0.1) is 18.7 Å². The Morgan fingerprint density at radius 3 is 2.43 bits per heavy atom. The third kappa shape index (κ3) is 4.08. The zero-order valence-corrected chi connectivity index (χ0v) is 19.6. The van der Waals surface area contributed by atoms with Crippen molar-refractivity contribution in [2.75, 3.05) is 13.7 Å². The summed E-state index contributed by atoms with van der Waals surface area (Å²) in [5, 5.41) is 12.3. The number of para-hydroxylation sites is 1. The highest BCUT2D eigenvalue weighted by atomic mass is 16.5. The molecular formula is C29H26N2O4. The highest BCUT2D eigenvalue weighted by molar-refractivity contribution is 6.46. The molecule has 1 aliphatic heterocycles. The Labute approximate surface area is 203 Å². The fraction of sp³-hybridized carbons (Fsp3) is 0.172. The van der Waals surface area contributed by atoms with Crippen LogP contribution in [0.15, 0.2) is 84.6 Å². The molecule has 3 aromatic carbocycles. The predicted octanol–water partition coefficient (Wildman–Crippen LogP) is 5.15. The van der Waals surface area contributed by atoms with Gasteiger partial charge in [0.25, 0.3) is 11.7 Å². The zero-order valence-electron chi connectivity index (χ0n) is 19.6. The zero-order chi connectivity index (χ0) is 24.5. The molecule has 0 spiro atoms. The van der Waals surface area contributed by atoms with Crippen molar-refractivity contribution in [2.24, 2.45) is 0 Å². The van der Waals surface area contributed by atoms with Gasteiger partial charge in [0.15, 0.2) is 0 Å². The molecular weight excluding hydrogens is 440 g/mol. The van der Waals surface area contributed by atoms with E-state index < -0.39 is 17.7 Å². The van der Waals surface area contributed by atoms with Crippen molar-refractivity contribution in [1.82, 2.24) is 9.88 Å². The van der Waals surface area contributed by atoms with Gasteiger partial charge in [0.2, 0.25) is 0 Å². The molecule has 1 saturated heterocycles. The highest BCUT2D eigenvalue weighted by Gasteiger charge is 2.45. The van der Waals surface area contributed by atoms with Crippen LogP contribution in [0.3, 0.4) is 0 Å². The van der Waals surface area contributed by atoms with Gasteiger partial charge >= 0.3 is 0 Å². The number of nitrogens with zero attached hydrogens (tertiary/aromatic N) is 1. The molecule has 2 N–H and O–H groups in total. The number of nitrogens with one attached hydrogen (secondary N) is 1. The number of likely N-dealkylation sites (tertiary alicyclic amines) is 1. The van der Waals surface area contributed by atoms with Gasteiger partial charge in [0.1, 0.15) is 11.5 Å². The Kier molecular flexibility index (Phi) is 5.87. The number of ketones is 1. The molecule has 0 saturated carbocycles. The number of Topliss-reactive ketones (excluding diaryl/α,β-unsaturated/α-hetero) is 1. The Morgan fingerprint density at radius 1 is 1.00 bits per heavy atom. The molecule has 6 nitrogen and oxygen atoms in total. The number of aliphatic hydroxyl groups is 1. The van der Waals surface area contributed by atoms with Crippen molar-refractivity contribution in [3.05, 3.63) is 107 Å². The number of benzene rings is 3. The van der Waals surface area contributed by atoms with Gasteiger partial charge in [-0.1, -0.05) is 48.0 Å². The molecule has 176 valence electrons. The summed E-state index contributed by atoms with van der Waals surface area (Å²) in [6, 6.07) is 21.8. The van der Waals surface area contributed by atoms with Gasteiger partial charge in [-0.15, -0.1) is 0 Å². The Morgan fingerprint density at radius 2 is 1.71 bits per heavy atom. The minimum atomic E-state index is -0.678. The van der Waals surface area contributed by atoms with Gasteiger partial charge in [-0.05, 0) is 54.8 Å². The molecule has 1 atom stereocenters. The second-order valence-electron chi connectivity index (χ2n) is 8.74. The number of hydrogen-bond donors (Lipinski definition) is 2. The van der Waals surface area contributed by atoms with Crippen molar-refractivity contribution in [3.63, 3.8) is 0 Å². The first-order valence-corrected chi connectivity index (χ1v) is 11.5. The van der Waals surface area contributed by atoms with E-state index in [4.69, 9.17) is 4.74 Å². The number of aromatic amines is 1. The normalized spacial score (nSPS) is 17.3. The molecule has 1 fully saturated rings. The number of carbonyl (C=O) groups is 2. The summed E-state index contributed by atoms with van der Waals surface area (Å²) in [6.45, 7) is 2.32. The second kappa shape index (κ2) is 9.14. The van der Waals surface area contributed by atoms with Crippen LogP contribution in [0.1, 0.15) is 28.3 Å². The Bertz CT molecular complexity index is 1430. The fourth-order valence-corrected chi connectivity index (χ4v) is 4.69. The lowest BCUT2D eigenvalue weighted by molar-refractivity contribution is -0.139. The number of methoxy groups -OCH3 is 1. The number of H-pyrrole nitrogens is 1. The summed E-state index contributed by atoms with van der Waals surface area (Å²) in [7, 11) is 1.56. The van der Waals surface area contributed by atoms with Gasteiger partial charge in [-0.3, -0.25) is 9.59 Å². The van der Waals surface area contributed by atoms with Crippen molar-refractivity contribution in [3.8, 4) is 5.75 Å². The van der Waals surface area contributed by atoms with E-state index >= 15 is 0 Å². The SMILES string of the molecule is COc1ccc(/C(O)=C2/C(=O)C(=O)N(CCc3c[nH]c4ccccc34)C2c2ccc(C)cc2)cc1. The molecule has 2 heterocycles. The standard InChI is InChI=1S/C29H26N2O4/c1-18-7-9-19(10-8-18)26-25(27(32)20-11-13-22(35-2)14-12-20)28(33)29(34)31(26)16-15-21-17-30-24-6-4-3-5-23(21)24/h3-14,17,26,30,32H,15-16H2,1-2H3/b27-25-. The first kappa shape index (κ1) is 22.5. The number of ether oxygens (including phenoxy) is 1. The maximum Gasteiger partial charge on any atom is 0.295 e. The van der Waals surface area contributed by atoms with Crippen LogP contribution in [0.4, 0.5) is 0 Å². The van der Waals surface area contributed by atoms with Gasteiger partial charge < -0.3 is 19.7 Å². The van der Waals surface area contributed by atoms with E-state index in [-0.39, 0.29) is 11.3 Å². The van der Waals surface area contributed by atoms with Crippen LogP contribution in [0.5, 0.6) is 5.75 Å². The van der Waals surface area contributed by atoms with E-state index in [9.17, 15) is 14.7 Å². The van der Waals surface area contributed by atoms with E-state index in [2.05, 4.69) is 4.98 Å². The fourth-order valence-electron chi connectivity index (χ4n) is 4.69. The van der Waals surface area contributed by atoms with E-state index in [1.807, 2.05) is 61.7 Å². The minimum absolute atomic E-state index is 0.1000. The lowest BCUT2D eigenvalue weighted by atomic mass is 9.94. The van der Waals surface area contributed by atoms with E-state index in [0.29, 0.717) is 24.3 Å². The third-order valence-electron chi connectivity index (χ3n) is 6.59. The number of hydrogen-bond acceptors (Lipinski definition) is 4. The summed E-state index contributed by atoms with van der Waals surface area (Å²) >= 11 is 0. The van der Waals surface area contributed by atoms with Crippen LogP contribution < -0.4 is 4.74 Å². The largest absolute Gasteiger partial charge is 0.507 e. The van der Waals surface area contributed by atoms with Crippen LogP contribution in [-0.4, -0.2) is 40.3 Å². The lowest BCUT2D eigenvalue weighted by Crippen LogP contribution is -2.31. The molecule has 1 unspecified atom stereocenters. The average Bonchev–Trinajstić information content (AvgIpc) is 3.41. The maximum absolute atomic E-state index is 13.2. The molecule has 0 radical (unpaired) electrons. The van der Waals surface area contributed by atoms with E-state index in [1.165, 1.54) is 0 Å². The molecule has 1 aliphatic rings. The molecule has 0 aliphatic carbocycles. The van der Waals surface area contributed by atoms with Crippen LogP contribution >= 0.6 is 0 Å². The molecule has 5 rings (SSSR count). The van der Waals surface area contributed by atoms with Gasteiger partial charge in [-0.25, -0.2) is 0 Å². The van der Waals surface area contributed by atoms with E-state index in [1.54, 1.807) is 36.3 Å². The summed E-state index contributed by atoms with van der Waals surface area (Å²) in [5.74, 6) is -0.838. The first-order chi connectivity index (χ1) is 17.0. The van der Waals surface area contributed by atoms with Crippen LogP contribution in [0.2, 0.25) is 0 Å². The van der Waals surface area contributed by atoms with Crippen molar-refractivity contribution >= 4 is 28.4 Å². The van der Waals surface area contributed by atoms with Crippen molar-refractivity contribution in [2.45, 2.75) is 19.4 Å². The summed E-state index contributed by atoms with van der Waals surface area (Å²) in [4.78, 5) is 31.3. The summed E-state index contributed by atoms with van der Waals surface area (Å²) < 4.78 is 5.20. The quantitative estimate of drug-likeness (QED) is 0.234. The number of fused-ring (bicyclic) bond motifs is 1. The topological polar surface area (TPSA) is 82.6 Å². The number of aryl methyl sites for hydroxylation is 1. The smallest absolute Gasteiger partial charge is 0.295 e. The molecule has 35 heavy (non-hydrogen) atoms. The average molecular weight is 467 g/mol. The van der Waals surface area contributed by atoms with Crippen LogP contribution in [-0.2, 0) is 16.0 Å². The number of aliphatic hydroxyl groups excluding tert-OH is 1. The molecule has 4 aromatic rings. The molecule has 6 heteroatoms. The number of carbonyl (C=O) groups excluding carboxylic acids is 2. The molecule has 1 aromatic heterocycles.